The van der Waals surface area contributed by atoms with Crippen LogP contribution in [0.1, 0.15) is 50.4 Å². The van der Waals surface area contributed by atoms with Crippen LogP contribution in [0.25, 0.3) is 0 Å². The van der Waals surface area contributed by atoms with Crippen LogP contribution in [-0.2, 0) is 23.9 Å². The second-order valence-electron chi connectivity index (χ2n) is 8.22. The van der Waals surface area contributed by atoms with Gasteiger partial charge in [-0.2, -0.15) is 0 Å². The molecule has 0 aromatic carbocycles. The van der Waals surface area contributed by atoms with Crippen LogP contribution in [0, 0.1) is 5.92 Å². The van der Waals surface area contributed by atoms with Crippen LogP contribution >= 0.6 is 23.1 Å². The van der Waals surface area contributed by atoms with Gasteiger partial charge in [-0.15, -0.1) is 11.3 Å². The molecule has 3 aliphatic rings. The number of aliphatic imine (C=N–C) groups is 1. The maximum Gasteiger partial charge on any atom is 0.338 e. The molecule has 0 unspecified atom stereocenters. The summed E-state index contributed by atoms with van der Waals surface area (Å²) in [7, 11) is 1.38. The zero-order valence-electron chi connectivity index (χ0n) is 19.6. The molecule has 1 fully saturated rings. The lowest BCUT2D eigenvalue weighted by atomic mass is 9.97. The number of esters is 2. The summed E-state index contributed by atoms with van der Waals surface area (Å²) >= 11 is 3.02. The Balaban J connectivity index is 1.58. The SMILES string of the molecule is CCOC(=O)[C@H]1CCCN(C(=O)CC2=CSC3=NC(CC)=C(C(=O)OC)[C@H](c4cccs4)N23)C1. The van der Waals surface area contributed by atoms with Crippen LogP contribution in [0.3, 0.4) is 0 Å². The van der Waals surface area contributed by atoms with E-state index in [1.807, 2.05) is 34.7 Å². The highest BCUT2D eigenvalue weighted by atomic mass is 32.2. The Hall–Kier alpha value is -2.59. The molecule has 0 spiro atoms. The van der Waals surface area contributed by atoms with Gasteiger partial charge in [0, 0.05) is 23.7 Å². The molecule has 34 heavy (non-hydrogen) atoms. The van der Waals surface area contributed by atoms with E-state index in [1.54, 1.807) is 23.2 Å². The number of amidine groups is 1. The summed E-state index contributed by atoms with van der Waals surface area (Å²) in [5.74, 6) is -0.971. The van der Waals surface area contributed by atoms with Crippen LogP contribution < -0.4 is 0 Å². The molecule has 4 rings (SSSR count). The lowest BCUT2D eigenvalue weighted by Gasteiger charge is -2.37. The average molecular weight is 504 g/mol. The predicted molar refractivity (Wildman–Crippen MR) is 132 cm³/mol. The standard InChI is InChI=1S/C24H29N3O5S2/c1-4-17-20(23(30)31-3)21(18-9-7-11-33-18)27-16(14-34-24(27)25-17)12-19(28)26-10-6-8-15(13-26)22(29)32-5-2/h7,9,11,14-15,21H,4-6,8,10,12-13H2,1-3H3/t15-,21-/m0/s1. The van der Waals surface area contributed by atoms with Crippen molar-refractivity contribution in [1.82, 2.24) is 9.80 Å². The van der Waals surface area contributed by atoms with Gasteiger partial charge in [0.25, 0.3) is 0 Å². The molecule has 1 aromatic heterocycles. The summed E-state index contributed by atoms with van der Waals surface area (Å²) in [5.41, 5.74) is 2.01. The third kappa shape index (κ3) is 4.79. The Bertz CT molecular complexity index is 1050. The van der Waals surface area contributed by atoms with Gasteiger partial charge in [-0.1, -0.05) is 24.8 Å². The Kier molecular flexibility index (Phi) is 7.77. The number of carbonyl (C=O) groups excluding carboxylic acids is 3. The van der Waals surface area contributed by atoms with Crippen molar-refractivity contribution in [2.75, 3.05) is 26.8 Å². The lowest BCUT2D eigenvalue weighted by Crippen LogP contribution is -2.44. The van der Waals surface area contributed by atoms with Crippen molar-refractivity contribution in [2.45, 2.75) is 45.6 Å². The molecule has 10 heteroatoms. The predicted octanol–water partition coefficient (Wildman–Crippen LogP) is 4.08. The molecule has 3 aliphatic heterocycles. The fourth-order valence-corrected chi connectivity index (χ4v) is 6.31. The van der Waals surface area contributed by atoms with Crippen molar-refractivity contribution >= 4 is 46.1 Å². The molecule has 0 N–H and O–H groups in total. The fraction of sp³-hybridized carbons (Fsp3) is 0.500. The molecular formula is C24H29N3O5S2. The van der Waals surface area contributed by atoms with Gasteiger partial charge in [0.1, 0.15) is 6.04 Å². The summed E-state index contributed by atoms with van der Waals surface area (Å²) in [5, 5.41) is 4.67. The first-order chi connectivity index (χ1) is 16.5. The summed E-state index contributed by atoms with van der Waals surface area (Å²) in [6, 6.07) is 3.55. The van der Waals surface area contributed by atoms with Gasteiger partial charge in [0.15, 0.2) is 5.17 Å². The van der Waals surface area contributed by atoms with E-state index in [2.05, 4.69) is 0 Å². The number of hydrogen-bond donors (Lipinski definition) is 0. The number of ether oxygens (including phenoxy) is 2. The third-order valence-electron chi connectivity index (χ3n) is 6.17. The van der Waals surface area contributed by atoms with Crippen LogP contribution in [-0.4, -0.2) is 59.6 Å². The normalized spacial score (nSPS) is 22.2. The van der Waals surface area contributed by atoms with Crippen molar-refractivity contribution in [3.63, 3.8) is 0 Å². The number of carbonyl (C=O) groups is 3. The molecule has 8 nitrogen and oxygen atoms in total. The number of rotatable bonds is 7. The molecular weight excluding hydrogens is 474 g/mol. The molecule has 1 saturated heterocycles. The Labute approximate surface area is 207 Å². The highest BCUT2D eigenvalue weighted by Gasteiger charge is 2.42. The Morgan fingerprint density at radius 2 is 2.09 bits per heavy atom. The average Bonchev–Trinajstić information content (AvgIpc) is 3.53. The first-order valence-electron chi connectivity index (χ1n) is 11.5. The van der Waals surface area contributed by atoms with E-state index in [9.17, 15) is 14.4 Å². The Morgan fingerprint density at radius 3 is 2.76 bits per heavy atom. The van der Waals surface area contributed by atoms with E-state index < -0.39 is 12.0 Å². The van der Waals surface area contributed by atoms with Crippen molar-refractivity contribution in [1.29, 1.82) is 0 Å². The minimum atomic E-state index is -0.408. The minimum absolute atomic E-state index is 0.0445. The van der Waals surface area contributed by atoms with E-state index in [0.717, 1.165) is 28.6 Å². The number of likely N-dealkylation sites (tertiary alicyclic amines) is 1. The molecule has 1 amide bonds. The molecule has 0 aliphatic carbocycles. The quantitative estimate of drug-likeness (QED) is 0.518. The first-order valence-corrected chi connectivity index (χ1v) is 13.3. The Morgan fingerprint density at radius 1 is 1.26 bits per heavy atom. The largest absolute Gasteiger partial charge is 0.466 e. The molecule has 4 heterocycles. The smallest absolute Gasteiger partial charge is 0.338 e. The van der Waals surface area contributed by atoms with E-state index in [4.69, 9.17) is 14.5 Å². The van der Waals surface area contributed by atoms with E-state index in [1.165, 1.54) is 18.9 Å². The maximum absolute atomic E-state index is 13.3. The number of piperidine rings is 1. The minimum Gasteiger partial charge on any atom is -0.466 e. The van der Waals surface area contributed by atoms with Crippen molar-refractivity contribution in [3.05, 3.63) is 44.8 Å². The number of methoxy groups -OCH3 is 1. The number of allylic oxidation sites excluding steroid dienone is 1. The van der Waals surface area contributed by atoms with Crippen molar-refractivity contribution in [2.24, 2.45) is 10.9 Å². The maximum atomic E-state index is 13.3. The monoisotopic (exact) mass is 503 g/mol. The van der Waals surface area contributed by atoms with E-state index in [-0.39, 0.29) is 24.2 Å². The second kappa shape index (κ2) is 10.8. The summed E-state index contributed by atoms with van der Waals surface area (Å²) < 4.78 is 10.3. The van der Waals surface area contributed by atoms with Gasteiger partial charge >= 0.3 is 11.9 Å². The number of amides is 1. The molecule has 2 atom stereocenters. The summed E-state index contributed by atoms with van der Waals surface area (Å²) in [6.45, 7) is 5.09. The highest BCUT2D eigenvalue weighted by molar-refractivity contribution is 8.16. The molecule has 182 valence electrons. The van der Waals surface area contributed by atoms with Gasteiger partial charge in [-0.3, -0.25) is 9.59 Å². The third-order valence-corrected chi connectivity index (χ3v) is 7.98. The second-order valence-corrected chi connectivity index (χ2v) is 10.0. The van der Waals surface area contributed by atoms with Crippen LogP contribution in [0.5, 0.6) is 0 Å². The topological polar surface area (TPSA) is 88.5 Å². The zero-order chi connectivity index (χ0) is 24.2. The number of nitrogens with zero attached hydrogens (tertiary/aromatic N) is 3. The molecule has 0 saturated carbocycles. The van der Waals surface area contributed by atoms with Gasteiger partial charge in [-0.25, -0.2) is 9.79 Å². The molecule has 0 radical (unpaired) electrons. The van der Waals surface area contributed by atoms with E-state index >= 15 is 0 Å². The van der Waals surface area contributed by atoms with Gasteiger partial charge in [0.2, 0.25) is 5.91 Å². The van der Waals surface area contributed by atoms with Gasteiger partial charge in [0.05, 0.1) is 37.3 Å². The summed E-state index contributed by atoms with van der Waals surface area (Å²) in [4.78, 5) is 47.8. The number of thioether (sulfide) groups is 1. The van der Waals surface area contributed by atoms with Crippen LogP contribution in [0.2, 0.25) is 0 Å². The summed E-state index contributed by atoms with van der Waals surface area (Å²) in [6.07, 6.45) is 2.27. The highest BCUT2D eigenvalue weighted by Crippen LogP contribution is 2.46. The van der Waals surface area contributed by atoms with Crippen molar-refractivity contribution in [3.8, 4) is 0 Å². The number of hydrogen-bond acceptors (Lipinski definition) is 9. The van der Waals surface area contributed by atoms with Crippen molar-refractivity contribution < 1.29 is 23.9 Å². The molecule has 0 bridgehead atoms. The van der Waals surface area contributed by atoms with Gasteiger partial charge in [-0.05, 0) is 43.0 Å². The van der Waals surface area contributed by atoms with Crippen LogP contribution in [0.4, 0.5) is 0 Å². The fourth-order valence-electron chi connectivity index (χ4n) is 4.55. The lowest BCUT2D eigenvalue weighted by molar-refractivity contribution is -0.151. The zero-order valence-corrected chi connectivity index (χ0v) is 21.2. The van der Waals surface area contributed by atoms with E-state index in [0.29, 0.717) is 37.4 Å². The molecule has 1 aromatic rings. The first kappa shape index (κ1) is 24.5. The number of fused-ring (bicyclic) bond motifs is 1. The van der Waals surface area contributed by atoms with Gasteiger partial charge < -0.3 is 19.3 Å². The van der Waals surface area contributed by atoms with Crippen LogP contribution in [0.15, 0.2) is 44.9 Å². The number of thiophene rings is 1.